The summed E-state index contributed by atoms with van der Waals surface area (Å²) in [4.78, 5) is 25.6. The van der Waals surface area contributed by atoms with Crippen molar-refractivity contribution in [2.45, 2.75) is 84.1 Å². The van der Waals surface area contributed by atoms with Crippen LogP contribution in [0.2, 0.25) is 0 Å². The maximum atomic E-state index is 15.6. The minimum absolute atomic E-state index is 0.0435. The summed E-state index contributed by atoms with van der Waals surface area (Å²) in [5.41, 5.74) is -1.52. The molecule has 1 fully saturated rings. The molecule has 1 aromatic rings. The van der Waals surface area contributed by atoms with Crippen molar-refractivity contribution < 1.29 is 20.9 Å². The maximum absolute atomic E-state index is 15.6. The molecule has 1 aromatic heterocycles. The third-order valence-corrected chi connectivity index (χ3v) is 6.58. The van der Waals surface area contributed by atoms with Crippen LogP contribution in [0, 0.1) is 11.3 Å². The molecular formula is C19H30FN4O5P. The molecule has 2 heterocycles. The van der Waals surface area contributed by atoms with E-state index in [9.17, 15) is 9.59 Å². The second-order valence-corrected chi connectivity index (χ2v) is 8.72. The van der Waals surface area contributed by atoms with Crippen molar-refractivity contribution in [3.63, 3.8) is 0 Å². The number of H-pyrrole nitrogens is 1. The van der Waals surface area contributed by atoms with E-state index in [0.29, 0.717) is 0 Å². The molecule has 1 saturated heterocycles. The summed E-state index contributed by atoms with van der Waals surface area (Å²) in [5, 5.41) is 8.85. The zero-order valence-corrected chi connectivity index (χ0v) is 18.6. The van der Waals surface area contributed by atoms with Gasteiger partial charge in [0.1, 0.15) is 6.10 Å². The summed E-state index contributed by atoms with van der Waals surface area (Å²) in [6.07, 6.45) is -6.97. The second-order valence-electron chi connectivity index (χ2n) is 7.31. The van der Waals surface area contributed by atoms with Crippen LogP contribution in [0.15, 0.2) is 21.9 Å². The van der Waals surface area contributed by atoms with Gasteiger partial charge in [-0.05, 0) is 34.1 Å². The van der Waals surface area contributed by atoms with E-state index in [2.05, 4.69) is 0 Å². The lowest BCUT2D eigenvalue weighted by molar-refractivity contribution is -0.0273. The first-order chi connectivity index (χ1) is 14.9. The SMILES string of the molecule is [2H]C([2H])(C)[C@H]1O[C@@H](n2ccc(=O)[nH]c2=O)[C@H](F)[C@@H]1OP(OCCC#N)N(C(C)C)C(C)C. The summed E-state index contributed by atoms with van der Waals surface area (Å²) in [6, 6.07) is 2.95. The second kappa shape index (κ2) is 11.1. The van der Waals surface area contributed by atoms with Crippen molar-refractivity contribution in [2.24, 2.45) is 0 Å². The van der Waals surface area contributed by atoms with Crippen LogP contribution in [-0.4, -0.2) is 51.3 Å². The molecular weight excluding hydrogens is 414 g/mol. The topological polar surface area (TPSA) is 110 Å². The Labute approximate surface area is 179 Å². The summed E-state index contributed by atoms with van der Waals surface area (Å²) < 4.78 is 52.1. The summed E-state index contributed by atoms with van der Waals surface area (Å²) in [7, 11) is -1.88. The molecule has 5 atom stereocenters. The molecule has 0 aromatic carbocycles. The van der Waals surface area contributed by atoms with Crippen LogP contribution >= 0.6 is 8.53 Å². The number of aromatic nitrogens is 2. The van der Waals surface area contributed by atoms with Crippen molar-refractivity contribution in [1.29, 1.82) is 5.26 Å². The molecule has 0 aliphatic carbocycles. The Bertz CT molecular complexity index is 908. The van der Waals surface area contributed by atoms with Gasteiger partial charge in [0.15, 0.2) is 12.4 Å². The molecule has 1 aliphatic heterocycles. The molecule has 0 bridgehead atoms. The fraction of sp³-hybridized carbons (Fsp3) is 0.737. The highest BCUT2D eigenvalue weighted by Gasteiger charge is 2.48. The molecule has 0 saturated carbocycles. The Hall–Kier alpha value is -1.63. The number of nitrogens with zero attached hydrogens (tertiary/aromatic N) is 3. The molecule has 11 heteroatoms. The van der Waals surface area contributed by atoms with Crippen LogP contribution < -0.4 is 11.2 Å². The highest BCUT2D eigenvalue weighted by atomic mass is 31.2. The Kier molecular flexibility index (Phi) is 8.01. The van der Waals surface area contributed by atoms with E-state index in [1.54, 1.807) is 0 Å². The van der Waals surface area contributed by atoms with Crippen LogP contribution in [0.1, 0.15) is 56.4 Å². The molecule has 1 unspecified atom stereocenters. The first kappa shape index (κ1) is 21.6. The minimum atomic E-state index is -2.01. The molecule has 0 spiro atoms. The predicted molar refractivity (Wildman–Crippen MR) is 111 cm³/mol. The number of hydrogen-bond acceptors (Lipinski definition) is 7. The normalized spacial score (nSPS) is 26.7. The molecule has 0 amide bonds. The van der Waals surface area contributed by atoms with Crippen molar-refractivity contribution in [2.75, 3.05) is 6.61 Å². The van der Waals surface area contributed by atoms with E-state index in [1.807, 2.05) is 43.4 Å². The zero-order chi connectivity index (χ0) is 24.2. The molecule has 0 radical (unpaired) electrons. The molecule has 9 nitrogen and oxygen atoms in total. The van der Waals surface area contributed by atoms with Crippen LogP contribution in [-0.2, 0) is 13.8 Å². The number of nitrogens with one attached hydrogen (secondary N) is 1. The lowest BCUT2D eigenvalue weighted by atomic mass is 10.1. The fourth-order valence-electron chi connectivity index (χ4n) is 3.22. The van der Waals surface area contributed by atoms with Gasteiger partial charge in [0.2, 0.25) is 0 Å². The number of rotatable bonds is 10. The first-order valence-corrected chi connectivity index (χ1v) is 10.9. The molecule has 168 valence electrons. The third kappa shape index (κ3) is 5.74. The quantitative estimate of drug-likeness (QED) is 0.435. The fourth-order valence-corrected chi connectivity index (χ4v) is 4.96. The number of hydrogen-bond donors (Lipinski definition) is 1. The Balaban J connectivity index is 2.41. The van der Waals surface area contributed by atoms with E-state index in [4.69, 9.17) is 21.8 Å². The lowest BCUT2D eigenvalue weighted by Gasteiger charge is -2.37. The van der Waals surface area contributed by atoms with E-state index in [1.165, 1.54) is 6.92 Å². The van der Waals surface area contributed by atoms with Gasteiger partial charge in [-0.15, -0.1) is 0 Å². The first-order valence-electron chi connectivity index (χ1n) is 10.7. The van der Waals surface area contributed by atoms with Crippen LogP contribution in [0.4, 0.5) is 4.39 Å². The van der Waals surface area contributed by atoms with Crippen LogP contribution in [0.25, 0.3) is 0 Å². The molecule has 1 N–H and O–H groups in total. The van der Waals surface area contributed by atoms with Gasteiger partial charge in [0.25, 0.3) is 14.1 Å². The highest BCUT2D eigenvalue weighted by Crippen LogP contribution is 2.50. The van der Waals surface area contributed by atoms with E-state index in [0.717, 1.165) is 16.8 Å². The lowest BCUT2D eigenvalue weighted by Crippen LogP contribution is -2.38. The van der Waals surface area contributed by atoms with Gasteiger partial charge in [-0.1, -0.05) is 6.92 Å². The largest absolute Gasteiger partial charge is 0.349 e. The van der Waals surface area contributed by atoms with Crippen molar-refractivity contribution >= 4 is 8.53 Å². The number of alkyl halides is 1. The van der Waals surface area contributed by atoms with Gasteiger partial charge in [-0.2, -0.15) is 5.26 Å². The molecule has 1 aliphatic rings. The molecule has 30 heavy (non-hydrogen) atoms. The Morgan fingerprint density at radius 1 is 1.43 bits per heavy atom. The van der Waals surface area contributed by atoms with Gasteiger partial charge in [-0.25, -0.2) is 13.9 Å². The van der Waals surface area contributed by atoms with Gasteiger partial charge in [-0.3, -0.25) is 14.3 Å². The average molecular weight is 446 g/mol. The highest BCUT2D eigenvalue weighted by molar-refractivity contribution is 7.44. The number of aromatic amines is 1. The van der Waals surface area contributed by atoms with Crippen LogP contribution in [0.5, 0.6) is 0 Å². The van der Waals surface area contributed by atoms with E-state index < -0.39 is 50.8 Å². The van der Waals surface area contributed by atoms with Crippen molar-refractivity contribution in [3.8, 4) is 6.07 Å². The smallest absolute Gasteiger partial charge is 0.330 e. The third-order valence-electron chi connectivity index (χ3n) is 4.45. The maximum Gasteiger partial charge on any atom is 0.330 e. The number of nitriles is 1. The summed E-state index contributed by atoms with van der Waals surface area (Å²) in [6.45, 7) is 8.98. The zero-order valence-electron chi connectivity index (χ0n) is 19.7. The van der Waals surface area contributed by atoms with Crippen molar-refractivity contribution in [1.82, 2.24) is 14.2 Å². The van der Waals surface area contributed by atoms with Gasteiger partial charge in [0.05, 0.1) is 25.2 Å². The van der Waals surface area contributed by atoms with Gasteiger partial charge in [0, 0.05) is 27.1 Å². The Morgan fingerprint density at radius 2 is 2.10 bits per heavy atom. The number of ether oxygens (including phenoxy) is 1. The summed E-state index contributed by atoms with van der Waals surface area (Å²) >= 11 is 0. The van der Waals surface area contributed by atoms with Gasteiger partial charge >= 0.3 is 5.69 Å². The molecule has 2 rings (SSSR count). The van der Waals surface area contributed by atoms with Gasteiger partial charge < -0.3 is 13.8 Å². The van der Waals surface area contributed by atoms with Crippen LogP contribution in [0.3, 0.4) is 0 Å². The Morgan fingerprint density at radius 3 is 2.63 bits per heavy atom. The monoisotopic (exact) mass is 446 g/mol. The predicted octanol–water partition coefficient (Wildman–Crippen LogP) is 2.84. The minimum Gasteiger partial charge on any atom is -0.349 e. The summed E-state index contributed by atoms with van der Waals surface area (Å²) in [5.74, 6) is 0. The average Bonchev–Trinajstić information content (AvgIpc) is 2.98. The van der Waals surface area contributed by atoms with Crippen molar-refractivity contribution in [3.05, 3.63) is 33.1 Å². The van der Waals surface area contributed by atoms with E-state index in [-0.39, 0.29) is 25.1 Å². The van der Waals surface area contributed by atoms with E-state index >= 15 is 4.39 Å². The number of halogens is 1. The standard InChI is InChI=1S/C19H30FN4O5P/c1-6-14-17(16(20)18(28-14)23-10-8-15(25)22-19(23)26)29-30(27-11-7-9-21)24(12(2)3)13(4)5/h8,10,12-14,16-18H,6-7,11H2,1-5H3,(H,22,25,26)/t14-,16-,17-,18-,30?/m1/s1/i6D2.